The maximum absolute atomic E-state index is 11.1. The molecular formula is C15H21NO2. The van der Waals surface area contributed by atoms with Crippen LogP contribution < -0.4 is 4.74 Å². The minimum atomic E-state index is 0.410. The maximum Gasteiger partial charge on any atom is 0.135 e. The van der Waals surface area contributed by atoms with E-state index in [1.807, 2.05) is 19.1 Å². The summed E-state index contributed by atoms with van der Waals surface area (Å²) in [5.41, 5.74) is 1.33. The highest BCUT2D eigenvalue weighted by atomic mass is 16.5. The zero-order valence-electron chi connectivity index (χ0n) is 11.0. The van der Waals surface area contributed by atoms with Crippen molar-refractivity contribution >= 4 is 5.78 Å². The van der Waals surface area contributed by atoms with Gasteiger partial charge < -0.3 is 9.64 Å². The number of ketones is 1. The van der Waals surface area contributed by atoms with E-state index in [0.717, 1.165) is 44.6 Å². The van der Waals surface area contributed by atoms with Gasteiger partial charge in [0.2, 0.25) is 0 Å². The molecule has 0 amide bonds. The number of carbonyl (C=O) groups is 1. The van der Waals surface area contributed by atoms with Crippen molar-refractivity contribution in [1.82, 2.24) is 4.90 Å². The number of benzene rings is 1. The minimum Gasteiger partial charge on any atom is -0.494 e. The van der Waals surface area contributed by atoms with E-state index in [1.54, 1.807) is 0 Å². The van der Waals surface area contributed by atoms with Crippen molar-refractivity contribution in [2.24, 2.45) is 0 Å². The van der Waals surface area contributed by atoms with Crippen LogP contribution in [0.15, 0.2) is 24.3 Å². The fourth-order valence-corrected chi connectivity index (χ4v) is 2.23. The highest BCUT2D eigenvalue weighted by molar-refractivity contribution is 5.79. The molecule has 0 bridgehead atoms. The van der Waals surface area contributed by atoms with Crippen LogP contribution in [-0.2, 0) is 11.2 Å². The Morgan fingerprint density at radius 2 is 1.83 bits per heavy atom. The molecule has 3 nitrogen and oxygen atoms in total. The molecule has 1 aromatic rings. The Balaban J connectivity index is 1.77. The predicted octanol–water partition coefficient (Wildman–Crippen LogP) is 2.29. The summed E-state index contributed by atoms with van der Waals surface area (Å²) in [7, 11) is 0. The van der Waals surface area contributed by atoms with E-state index in [-0.39, 0.29) is 0 Å². The predicted molar refractivity (Wildman–Crippen MR) is 72.0 cm³/mol. The summed E-state index contributed by atoms with van der Waals surface area (Å²) in [6, 6.07) is 8.30. The van der Waals surface area contributed by atoms with Crippen molar-refractivity contribution in [3.8, 4) is 5.75 Å². The second-order valence-corrected chi connectivity index (χ2v) is 4.71. The quantitative estimate of drug-likeness (QED) is 0.799. The van der Waals surface area contributed by atoms with Gasteiger partial charge in [-0.25, -0.2) is 0 Å². The minimum absolute atomic E-state index is 0.410. The van der Waals surface area contributed by atoms with Gasteiger partial charge in [0.15, 0.2) is 0 Å². The molecule has 0 unspecified atom stereocenters. The largest absolute Gasteiger partial charge is 0.494 e. The van der Waals surface area contributed by atoms with Crippen LogP contribution in [-0.4, -0.2) is 36.9 Å². The summed E-state index contributed by atoms with van der Waals surface area (Å²) in [5, 5.41) is 0. The number of ether oxygens (including phenoxy) is 1. The molecule has 0 saturated carbocycles. The molecule has 0 spiro atoms. The molecule has 2 rings (SSSR count). The van der Waals surface area contributed by atoms with E-state index in [9.17, 15) is 4.79 Å². The number of piperidine rings is 1. The Kier molecular flexibility index (Phi) is 4.76. The molecule has 1 saturated heterocycles. The van der Waals surface area contributed by atoms with Gasteiger partial charge in [-0.05, 0) is 31.0 Å². The number of Topliss-reactive ketones (excluding diaryl/α,β-unsaturated/α-hetero) is 1. The number of hydrogen-bond acceptors (Lipinski definition) is 3. The Labute approximate surface area is 109 Å². The highest BCUT2D eigenvalue weighted by Gasteiger charge is 2.15. The molecule has 1 aromatic carbocycles. The van der Waals surface area contributed by atoms with Gasteiger partial charge in [-0.1, -0.05) is 12.1 Å². The zero-order chi connectivity index (χ0) is 12.8. The Hall–Kier alpha value is -1.35. The first-order valence-electron chi connectivity index (χ1n) is 6.73. The summed E-state index contributed by atoms with van der Waals surface area (Å²) in [4.78, 5) is 13.5. The van der Waals surface area contributed by atoms with Crippen LogP contribution in [0.1, 0.15) is 25.3 Å². The van der Waals surface area contributed by atoms with Crippen LogP contribution in [0, 0.1) is 0 Å². The van der Waals surface area contributed by atoms with Gasteiger partial charge in [-0.3, -0.25) is 4.79 Å². The molecule has 1 aliphatic heterocycles. The molecule has 0 aliphatic carbocycles. The molecule has 1 heterocycles. The summed E-state index contributed by atoms with van der Waals surface area (Å²) in [6.07, 6.45) is 2.49. The van der Waals surface area contributed by atoms with Crippen LogP contribution >= 0.6 is 0 Å². The first-order valence-corrected chi connectivity index (χ1v) is 6.73. The summed E-state index contributed by atoms with van der Waals surface area (Å²) in [6.45, 7) is 5.60. The van der Waals surface area contributed by atoms with Crippen LogP contribution in [0.25, 0.3) is 0 Å². The molecule has 0 atom stereocenters. The number of hydrogen-bond donors (Lipinski definition) is 0. The van der Waals surface area contributed by atoms with Crippen molar-refractivity contribution in [2.45, 2.75) is 26.2 Å². The molecule has 1 fully saturated rings. The normalized spacial score (nSPS) is 16.8. The lowest BCUT2D eigenvalue weighted by atomic mass is 10.1. The first kappa shape index (κ1) is 13.1. The average molecular weight is 247 g/mol. The Bertz CT molecular complexity index is 376. The van der Waals surface area contributed by atoms with Gasteiger partial charge in [-0.15, -0.1) is 0 Å². The van der Waals surface area contributed by atoms with Gasteiger partial charge in [0.05, 0.1) is 6.61 Å². The standard InChI is InChI=1S/C15H21NO2/c1-2-18-15-5-3-13(4-6-15)7-10-16-11-8-14(17)9-12-16/h3-6H,2,7-12H2,1H3. The summed E-state index contributed by atoms with van der Waals surface area (Å²) >= 11 is 0. The smallest absolute Gasteiger partial charge is 0.135 e. The molecule has 0 aromatic heterocycles. The summed E-state index contributed by atoms with van der Waals surface area (Å²) < 4.78 is 5.42. The highest BCUT2D eigenvalue weighted by Crippen LogP contribution is 2.13. The Morgan fingerprint density at radius 3 is 2.44 bits per heavy atom. The van der Waals surface area contributed by atoms with Crippen LogP contribution in [0.5, 0.6) is 5.75 Å². The topological polar surface area (TPSA) is 29.5 Å². The number of carbonyl (C=O) groups excluding carboxylic acids is 1. The monoisotopic (exact) mass is 247 g/mol. The lowest BCUT2D eigenvalue weighted by Gasteiger charge is -2.25. The number of likely N-dealkylation sites (tertiary alicyclic amines) is 1. The fraction of sp³-hybridized carbons (Fsp3) is 0.533. The fourth-order valence-electron chi connectivity index (χ4n) is 2.23. The van der Waals surface area contributed by atoms with Gasteiger partial charge in [-0.2, -0.15) is 0 Å². The SMILES string of the molecule is CCOc1ccc(CCN2CCC(=O)CC2)cc1. The van der Waals surface area contributed by atoms with Gasteiger partial charge in [0.1, 0.15) is 11.5 Å². The third-order valence-corrected chi connectivity index (χ3v) is 3.36. The number of nitrogens with zero attached hydrogens (tertiary/aromatic N) is 1. The molecule has 0 N–H and O–H groups in total. The average Bonchev–Trinajstić information content (AvgIpc) is 2.40. The van der Waals surface area contributed by atoms with Crippen molar-refractivity contribution in [3.63, 3.8) is 0 Å². The van der Waals surface area contributed by atoms with Crippen LogP contribution in [0.2, 0.25) is 0 Å². The van der Waals surface area contributed by atoms with E-state index < -0.39 is 0 Å². The van der Waals surface area contributed by atoms with E-state index in [4.69, 9.17) is 4.74 Å². The Morgan fingerprint density at radius 1 is 1.17 bits per heavy atom. The second-order valence-electron chi connectivity index (χ2n) is 4.71. The van der Waals surface area contributed by atoms with E-state index in [0.29, 0.717) is 12.4 Å². The van der Waals surface area contributed by atoms with Crippen molar-refractivity contribution in [2.75, 3.05) is 26.2 Å². The summed E-state index contributed by atoms with van der Waals surface area (Å²) in [5.74, 6) is 1.34. The molecular weight excluding hydrogens is 226 g/mol. The van der Waals surface area contributed by atoms with Gasteiger partial charge in [0, 0.05) is 32.5 Å². The molecule has 1 aliphatic rings. The third-order valence-electron chi connectivity index (χ3n) is 3.36. The van der Waals surface area contributed by atoms with E-state index >= 15 is 0 Å². The molecule has 3 heteroatoms. The maximum atomic E-state index is 11.1. The van der Waals surface area contributed by atoms with Crippen LogP contribution in [0.3, 0.4) is 0 Å². The van der Waals surface area contributed by atoms with Gasteiger partial charge >= 0.3 is 0 Å². The van der Waals surface area contributed by atoms with E-state index in [2.05, 4.69) is 17.0 Å². The van der Waals surface area contributed by atoms with Crippen molar-refractivity contribution < 1.29 is 9.53 Å². The van der Waals surface area contributed by atoms with Gasteiger partial charge in [0.25, 0.3) is 0 Å². The third kappa shape index (κ3) is 3.84. The molecule has 18 heavy (non-hydrogen) atoms. The molecule has 0 radical (unpaired) electrons. The second kappa shape index (κ2) is 6.55. The zero-order valence-corrected chi connectivity index (χ0v) is 11.0. The van der Waals surface area contributed by atoms with Crippen LogP contribution in [0.4, 0.5) is 0 Å². The first-order chi connectivity index (χ1) is 8.78. The van der Waals surface area contributed by atoms with E-state index in [1.165, 1.54) is 5.56 Å². The van der Waals surface area contributed by atoms with Crippen molar-refractivity contribution in [1.29, 1.82) is 0 Å². The lowest BCUT2D eigenvalue weighted by Crippen LogP contribution is -2.35. The lowest BCUT2D eigenvalue weighted by molar-refractivity contribution is -0.121. The number of rotatable bonds is 5. The van der Waals surface area contributed by atoms with Crippen molar-refractivity contribution in [3.05, 3.63) is 29.8 Å². The molecule has 98 valence electrons.